The quantitative estimate of drug-likeness (QED) is 0.813. The Balaban J connectivity index is 1.39. The molecule has 1 saturated heterocycles. The van der Waals surface area contributed by atoms with Crippen LogP contribution in [0.25, 0.3) is 0 Å². The molecule has 6 nitrogen and oxygen atoms in total. The smallest absolute Gasteiger partial charge is 0.254 e. The fourth-order valence-electron chi connectivity index (χ4n) is 5.40. The number of likely N-dealkylation sites (tertiary alicyclic amines) is 1. The second kappa shape index (κ2) is 8.63. The molecule has 0 radical (unpaired) electrons. The van der Waals surface area contributed by atoms with Crippen LogP contribution < -0.4 is 5.56 Å². The van der Waals surface area contributed by atoms with E-state index in [2.05, 4.69) is 9.88 Å². The number of aromatic amines is 1. The van der Waals surface area contributed by atoms with Crippen molar-refractivity contribution in [3.05, 3.63) is 49.8 Å². The number of hydrogen-bond donors (Lipinski definition) is 1. The highest BCUT2D eigenvalue weighted by Crippen LogP contribution is 2.31. The highest BCUT2D eigenvalue weighted by molar-refractivity contribution is 7.10. The summed E-state index contributed by atoms with van der Waals surface area (Å²) in [4.78, 5) is 39.5. The van der Waals surface area contributed by atoms with Crippen molar-refractivity contribution in [1.29, 1.82) is 0 Å². The number of amides is 1. The highest BCUT2D eigenvalue weighted by atomic mass is 32.1. The molecule has 5 rings (SSSR count). The third-order valence-corrected chi connectivity index (χ3v) is 7.88. The number of hydrogen-bond acceptors (Lipinski definition) is 5. The van der Waals surface area contributed by atoms with Gasteiger partial charge in [-0.25, -0.2) is 4.98 Å². The normalized spacial score (nSPS) is 22.9. The average molecular weight is 427 g/mol. The molecule has 3 aliphatic rings. The van der Waals surface area contributed by atoms with Gasteiger partial charge in [0.15, 0.2) is 0 Å². The SMILES string of the molecule is O=C(Cc1cccs1)N1CCCC[C@H]1c1nc2c(c(=O)[nH]1)CCN(C1CCCC1)C2. The molecule has 160 valence electrons. The summed E-state index contributed by atoms with van der Waals surface area (Å²) >= 11 is 1.62. The van der Waals surface area contributed by atoms with Crippen LogP contribution >= 0.6 is 11.3 Å². The van der Waals surface area contributed by atoms with Gasteiger partial charge in [-0.05, 0) is 50.0 Å². The topological polar surface area (TPSA) is 69.3 Å². The fourth-order valence-corrected chi connectivity index (χ4v) is 6.09. The molecule has 2 aromatic heterocycles. The van der Waals surface area contributed by atoms with E-state index in [1.807, 2.05) is 22.4 Å². The van der Waals surface area contributed by atoms with Crippen LogP contribution in [-0.4, -0.2) is 44.8 Å². The van der Waals surface area contributed by atoms with E-state index in [9.17, 15) is 9.59 Å². The van der Waals surface area contributed by atoms with Crippen LogP contribution in [0.4, 0.5) is 0 Å². The van der Waals surface area contributed by atoms with Crippen LogP contribution in [0, 0.1) is 0 Å². The molecule has 1 amide bonds. The molecular weight excluding hydrogens is 396 g/mol. The van der Waals surface area contributed by atoms with Gasteiger partial charge in [0, 0.05) is 36.1 Å². The zero-order valence-corrected chi connectivity index (χ0v) is 18.3. The number of nitrogens with one attached hydrogen (secondary N) is 1. The third kappa shape index (κ3) is 3.97. The lowest BCUT2D eigenvalue weighted by atomic mass is 9.99. The third-order valence-electron chi connectivity index (χ3n) is 7.01. The van der Waals surface area contributed by atoms with Crippen molar-refractivity contribution < 1.29 is 4.79 Å². The number of H-pyrrole nitrogens is 1. The maximum Gasteiger partial charge on any atom is 0.254 e. The second-order valence-electron chi connectivity index (χ2n) is 8.89. The van der Waals surface area contributed by atoms with Crippen molar-refractivity contribution in [3.8, 4) is 0 Å². The number of rotatable bonds is 4. The van der Waals surface area contributed by atoms with E-state index in [1.165, 1.54) is 25.7 Å². The van der Waals surface area contributed by atoms with E-state index in [0.29, 0.717) is 18.3 Å². The Morgan fingerprint density at radius 3 is 2.80 bits per heavy atom. The Bertz CT molecular complexity index is 949. The summed E-state index contributed by atoms with van der Waals surface area (Å²) in [6.07, 6.45) is 9.29. The van der Waals surface area contributed by atoms with Crippen LogP contribution in [-0.2, 0) is 24.2 Å². The van der Waals surface area contributed by atoms with Crippen molar-refractivity contribution in [2.45, 2.75) is 76.4 Å². The van der Waals surface area contributed by atoms with Crippen LogP contribution in [0.5, 0.6) is 0 Å². The monoisotopic (exact) mass is 426 g/mol. The van der Waals surface area contributed by atoms with Gasteiger partial charge in [0.1, 0.15) is 5.82 Å². The molecule has 2 fully saturated rings. The Kier molecular flexibility index (Phi) is 5.74. The minimum atomic E-state index is -0.119. The van der Waals surface area contributed by atoms with Gasteiger partial charge < -0.3 is 9.88 Å². The van der Waals surface area contributed by atoms with Crippen molar-refractivity contribution in [2.75, 3.05) is 13.1 Å². The molecule has 4 heterocycles. The molecule has 2 aromatic rings. The molecular formula is C23H30N4O2S. The standard InChI is InChI=1S/C23H30N4O2S/c28-21(14-17-8-5-13-30-17)27-11-4-3-9-20(27)22-24-19-15-26(16-6-1-2-7-16)12-10-18(19)23(29)25-22/h5,8,13,16,20H,1-4,6-7,9-12,14-15H2,(H,24,25,29)/t20-/m0/s1. The first-order valence-electron chi connectivity index (χ1n) is 11.4. The van der Waals surface area contributed by atoms with E-state index in [1.54, 1.807) is 11.3 Å². The minimum absolute atomic E-state index is 0.00250. The number of aromatic nitrogens is 2. The summed E-state index contributed by atoms with van der Waals surface area (Å²) in [6, 6.07) is 4.52. The van der Waals surface area contributed by atoms with Crippen LogP contribution in [0.3, 0.4) is 0 Å². The van der Waals surface area contributed by atoms with E-state index < -0.39 is 0 Å². The van der Waals surface area contributed by atoms with Crippen LogP contribution in [0.2, 0.25) is 0 Å². The van der Waals surface area contributed by atoms with Gasteiger partial charge in [-0.2, -0.15) is 0 Å². The zero-order valence-electron chi connectivity index (χ0n) is 17.4. The largest absolute Gasteiger partial charge is 0.332 e. The van der Waals surface area contributed by atoms with E-state index in [4.69, 9.17) is 4.98 Å². The lowest BCUT2D eigenvalue weighted by Crippen LogP contribution is -2.43. The maximum atomic E-state index is 13.1. The number of piperidine rings is 1. The minimum Gasteiger partial charge on any atom is -0.332 e. The van der Waals surface area contributed by atoms with Gasteiger partial charge in [0.05, 0.1) is 18.2 Å². The van der Waals surface area contributed by atoms with Gasteiger partial charge in [-0.15, -0.1) is 11.3 Å². The molecule has 1 saturated carbocycles. The van der Waals surface area contributed by atoms with Crippen molar-refractivity contribution >= 4 is 17.2 Å². The van der Waals surface area contributed by atoms with Gasteiger partial charge in [0.2, 0.25) is 5.91 Å². The van der Waals surface area contributed by atoms with Gasteiger partial charge in [-0.3, -0.25) is 14.5 Å². The number of carbonyl (C=O) groups excluding carboxylic acids is 1. The first-order chi connectivity index (χ1) is 14.7. The van der Waals surface area contributed by atoms with Crippen molar-refractivity contribution in [2.24, 2.45) is 0 Å². The molecule has 0 unspecified atom stereocenters. The summed E-state index contributed by atoms with van der Waals surface area (Å²) in [5, 5.41) is 2.01. The first kappa shape index (κ1) is 19.9. The van der Waals surface area contributed by atoms with Gasteiger partial charge in [-0.1, -0.05) is 18.9 Å². The van der Waals surface area contributed by atoms with Crippen molar-refractivity contribution in [3.63, 3.8) is 0 Å². The molecule has 1 atom stereocenters. The van der Waals surface area contributed by atoms with Gasteiger partial charge >= 0.3 is 0 Å². The maximum absolute atomic E-state index is 13.1. The first-order valence-corrected chi connectivity index (χ1v) is 12.2. The predicted octanol–water partition coefficient (Wildman–Crippen LogP) is 3.43. The Morgan fingerprint density at radius 1 is 1.17 bits per heavy atom. The highest BCUT2D eigenvalue weighted by Gasteiger charge is 2.33. The number of carbonyl (C=O) groups is 1. The zero-order chi connectivity index (χ0) is 20.5. The lowest BCUT2D eigenvalue weighted by Gasteiger charge is -2.36. The fraction of sp³-hybridized carbons (Fsp3) is 0.609. The molecule has 1 aliphatic carbocycles. The Hall–Kier alpha value is -1.99. The second-order valence-corrected chi connectivity index (χ2v) is 9.92. The molecule has 0 aromatic carbocycles. The number of fused-ring (bicyclic) bond motifs is 1. The predicted molar refractivity (Wildman–Crippen MR) is 118 cm³/mol. The Morgan fingerprint density at radius 2 is 2.00 bits per heavy atom. The van der Waals surface area contributed by atoms with E-state index in [0.717, 1.165) is 61.5 Å². The molecule has 2 aliphatic heterocycles. The number of nitrogens with zero attached hydrogens (tertiary/aromatic N) is 3. The van der Waals surface area contributed by atoms with E-state index in [-0.39, 0.29) is 17.5 Å². The average Bonchev–Trinajstić information content (AvgIpc) is 3.48. The molecule has 7 heteroatoms. The molecule has 1 N–H and O–H groups in total. The van der Waals surface area contributed by atoms with Gasteiger partial charge in [0.25, 0.3) is 5.56 Å². The van der Waals surface area contributed by atoms with E-state index >= 15 is 0 Å². The molecule has 30 heavy (non-hydrogen) atoms. The number of thiophene rings is 1. The summed E-state index contributed by atoms with van der Waals surface area (Å²) < 4.78 is 0. The summed E-state index contributed by atoms with van der Waals surface area (Å²) in [5.74, 6) is 0.821. The summed E-state index contributed by atoms with van der Waals surface area (Å²) in [6.45, 7) is 2.47. The summed E-state index contributed by atoms with van der Waals surface area (Å²) in [7, 11) is 0. The Labute approximate surface area is 181 Å². The molecule has 0 bridgehead atoms. The van der Waals surface area contributed by atoms with Crippen LogP contribution in [0.15, 0.2) is 22.3 Å². The van der Waals surface area contributed by atoms with Crippen molar-refractivity contribution in [1.82, 2.24) is 19.8 Å². The molecule has 0 spiro atoms. The van der Waals surface area contributed by atoms with Crippen LogP contribution in [0.1, 0.15) is 72.9 Å². The summed E-state index contributed by atoms with van der Waals surface area (Å²) in [5.41, 5.74) is 1.78. The lowest BCUT2D eigenvalue weighted by molar-refractivity contribution is -0.134.